The molecule has 0 spiro atoms. The summed E-state index contributed by atoms with van der Waals surface area (Å²) in [7, 11) is 9.16. The smallest absolute Gasteiger partial charge is 0.219 e. The maximum absolute atomic E-state index is 12.3. The Balaban J connectivity index is 0. The predicted molar refractivity (Wildman–Crippen MR) is 225 cm³/mol. The van der Waals surface area contributed by atoms with Gasteiger partial charge in [-0.1, -0.05) is 167 Å². The first-order valence-electron chi connectivity index (χ1n) is 22.3. The summed E-state index contributed by atoms with van der Waals surface area (Å²) in [5.41, 5.74) is 2.72. The minimum atomic E-state index is 0. The second kappa shape index (κ2) is 36.0. The molecule has 0 aliphatic heterocycles. The monoisotopic (exact) mass is 799 g/mol. The van der Waals surface area contributed by atoms with Crippen LogP contribution in [0.15, 0.2) is 24.3 Å². The van der Waals surface area contributed by atoms with Crippen molar-refractivity contribution in [2.45, 2.75) is 194 Å². The summed E-state index contributed by atoms with van der Waals surface area (Å²) in [6.45, 7) is 10.2. The molecule has 0 saturated carbocycles. The van der Waals surface area contributed by atoms with Gasteiger partial charge in [0.05, 0.1) is 41.3 Å². The fourth-order valence-corrected chi connectivity index (χ4v) is 7.44. The van der Waals surface area contributed by atoms with E-state index in [0.29, 0.717) is 12.8 Å². The van der Waals surface area contributed by atoms with Crippen LogP contribution in [0.2, 0.25) is 0 Å². The fourth-order valence-electron chi connectivity index (χ4n) is 7.44. The molecule has 0 fully saturated rings. The summed E-state index contributed by atoms with van der Waals surface area (Å²) in [6, 6.07) is 9.17. The molecule has 8 heteroatoms. The van der Waals surface area contributed by atoms with E-state index in [1.807, 2.05) is 0 Å². The first kappa shape index (κ1) is 54.8. The average Bonchev–Trinajstić information content (AvgIpc) is 3.10. The number of halogens is 2. The standard InChI is InChI=1S/C46H86N4O2.2ClH/c1-7-9-11-13-15-17-19-21-23-25-27-31-45(51)47-37-29-39-49(3,4)41-43-33-35-44(36-34-43)42-50(5,6)40-30-38-48-46(52)32-28-26-24-22-20-18-16-14-12-10-8-2;;/h33-36H,7-32,37-42H2,1-6H3;2*1H. The summed E-state index contributed by atoms with van der Waals surface area (Å²) in [5, 5.41) is 6.32. The van der Waals surface area contributed by atoms with Crippen LogP contribution in [0.4, 0.5) is 0 Å². The first-order valence-corrected chi connectivity index (χ1v) is 22.3. The van der Waals surface area contributed by atoms with Gasteiger partial charge < -0.3 is 44.4 Å². The molecule has 2 N–H and O–H groups in total. The molecule has 54 heavy (non-hydrogen) atoms. The van der Waals surface area contributed by atoms with Crippen molar-refractivity contribution in [3.8, 4) is 0 Å². The van der Waals surface area contributed by atoms with Gasteiger partial charge in [-0.05, 0) is 12.8 Å². The van der Waals surface area contributed by atoms with Gasteiger partial charge in [0.15, 0.2) is 0 Å². The zero-order chi connectivity index (χ0) is 38.2. The highest BCUT2D eigenvalue weighted by atomic mass is 35.5. The quantitative estimate of drug-likeness (QED) is 0.0720. The lowest BCUT2D eigenvalue weighted by Crippen LogP contribution is -3.00. The maximum atomic E-state index is 12.3. The van der Waals surface area contributed by atoms with Crippen LogP contribution in [-0.2, 0) is 22.7 Å². The Morgan fingerprint density at radius 2 is 0.685 bits per heavy atom. The summed E-state index contributed by atoms with van der Waals surface area (Å²) in [5.74, 6) is 0.440. The SMILES string of the molecule is CCCCCCCCCCCCCC(=O)NCCC[N+](C)(C)Cc1ccc(C[N+](C)(C)CCCNC(=O)CCCCCCCCCCCCC)cc1.[Cl-].[Cl-]. The van der Waals surface area contributed by atoms with Crippen LogP contribution in [0.5, 0.6) is 0 Å². The highest BCUT2D eigenvalue weighted by molar-refractivity contribution is 5.76. The van der Waals surface area contributed by atoms with E-state index in [2.05, 4.69) is 76.9 Å². The number of quaternary nitrogens is 2. The van der Waals surface area contributed by atoms with Gasteiger partial charge in [0, 0.05) is 49.9 Å². The number of benzene rings is 1. The molecule has 1 aromatic carbocycles. The van der Waals surface area contributed by atoms with E-state index in [1.54, 1.807) is 0 Å². The zero-order valence-corrected chi connectivity index (χ0v) is 37.9. The molecule has 0 saturated heterocycles. The molecule has 0 bridgehead atoms. The summed E-state index contributed by atoms with van der Waals surface area (Å²) >= 11 is 0. The molecule has 1 rings (SSSR count). The number of carbonyl (C=O) groups excluding carboxylic acids is 2. The van der Waals surface area contributed by atoms with Crippen LogP contribution >= 0.6 is 0 Å². The van der Waals surface area contributed by atoms with Crippen molar-refractivity contribution < 1.29 is 43.4 Å². The molecular formula is C46H88Cl2N4O2. The number of hydrogen-bond acceptors (Lipinski definition) is 2. The number of nitrogens with zero attached hydrogens (tertiary/aromatic N) is 2. The highest BCUT2D eigenvalue weighted by Gasteiger charge is 2.18. The van der Waals surface area contributed by atoms with E-state index in [4.69, 9.17) is 0 Å². The lowest BCUT2D eigenvalue weighted by molar-refractivity contribution is -0.904. The molecule has 0 atom stereocenters. The molecule has 0 aliphatic carbocycles. The molecule has 6 nitrogen and oxygen atoms in total. The number of hydrogen-bond donors (Lipinski definition) is 2. The molecular weight excluding hydrogens is 711 g/mol. The van der Waals surface area contributed by atoms with Gasteiger partial charge >= 0.3 is 0 Å². The van der Waals surface area contributed by atoms with Crippen molar-refractivity contribution in [2.75, 3.05) is 54.4 Å². The van der Waals surface area contributed by atoms with Crippen LogP contribution in [0, 0.1) is 0 Å². The molecule has 0 heterocycles. The average molecular weight is 800 g/mol. The summed E-state index contributed by atoms with van der Waals surface area (Å²) in [4.78, 5) is 24.6. The van der Waals surface area contributed by atoms with Crippen LogP contribution in [-0.4, -0.2) is 75.2 Å². The summed E-state index contributed by atoms with van der Waals surface area (Å²) in [6.07, 6.45) is 32.2. The van der Waals surface area contributed by atoms with E-state index in [1.165, 1.54) is 140 Å². The van der Waals surface area contributed by atoms with Gasteiger partial charge in [-0.15, -0.1) is 0 Å². The largest absolute Gasteiger partial charge is 1.00 e. The van der Waals surface area contributed by atoms with Crippen molar-refractivity contribution in [1.29, 1.82) is 0 Å². The van der Waals surface area contributed by atoms with Gasteiger partial charge in [-0.3, -0.25) is 9.59 Å². The fraction of sp³-hybridized carbons (Fsp3) is 0.826. The number of nitrogens with one attached hydrogen (secondary N) is 2. The van der Waals surface area contributed by atoms with Gasteiger partial charge in [0.1, 0.15) is 13.1 Å². The van der Waals surface area contributed by atoms with Crippen LogP contribution in [0.25, 0.3) is 0 Å². The normalized spacial score (nSPS) is 11.5. The Hall–Kier alpha value is -1.34. The van der Waals surface area contributed by atoms with Crippen molar-refractivity contribution in [3.63, 3.8) is 0 Å². The van der Waals surface area contributed by atoms with Gasteiger partial charge in [0.25, 0.3) is 0 Å². The van der Waals surface area contributed by atoms with E-state index in [0.717, 1.165) is 73.9 Å². The van der Waals surface area contributed by atoms with E-state index < -0.39 is 0 Å². The molecule has 1 aromatic rings. The van der Waals surface area contributed by atoms with Crippen LogP contribution in [0.3, 0.4) is 0 Å². The number of carbonyl (C=O) groups is 2. The lowest BCUT2D eigenvalue weighted by atomic mass is 10.1. The number of rotatable bonds is 36. The van der Waals surface area contributed by atoms with E-state index in [-0.39, 0.29) is 36.6 Å². The highest BCUT2D eigenvalue weighted by Crippen LogP contribution is 2.16. The molecule has 0 aromatic heterocycles. The minimum Gasteiger partial charge on any atom is -1.00 e. The van der Waals surface area contributed by atoms with E-state index >= 15 is 0 Å². The van der Waals surface area contributed by atoms with Gasteiger partial charge in [-0.2, -0.15) is 0 Å². The Bertz CT molecular complexity index is 924. The lowest BCUT2D eigenvalue weighted by Gasteiger charge is -2.31. The third-order valence-electron chi connectivity index (χ3n) is 10.8. The Labute approximate surface area is 348 Å². The molecule has 318 valence electrons. The first-order chi connectivity index (χ1) is 25.1. The summed E-state index contributed by atoms with van der Waals surface area (Å²) < 4.78 is 1.83. The zero-order valence-electron chi connectivity index (χ0n) is 36.4. The van der Waals surface area contributed by atoms with Crippen molar-refractivity contribution in [1.82, 2.24) is 10.6 Å². The van der Waals surface area contributed by atoms with Crippen molar-refractivity contribution in [3.05, 3.63) is 35.4 Å². The molecule has 0 unspecified atom stereocenters. The third-order valence-corrected chi connectivity index (χ3v) is 10.8. The third kappa shape index (κ3) is 34.0. The molecule has 2 amide bonds. The van der Waals surface area contributed by atoms with Gasteiger partial charge in [-0.25, -0.2) is 0 Å². The van der Waals surface area contributed by atoms with E-state index in [9.17, 15) is 9.59 Å². The molecule has 0 radical (unpaired) electrons. The number of unbranched alkanes of at least 4 members (excludes halogenated alkanes) is 20. The number of amides is 2. The molecule has 0 aliphatic rings. The topological polar surface area (TPSA) is 58.2 Å². The second-order valence-corrected chi connectivity index (χ2v) is 17.4. The van der Waals surface area contributed by atoms with Crippen LogP contribution in [0.1, 0.15) is 192 Å². The minimum absolute atomic E-state index is 0. The van der Waals surface area contributed by atoms with Gasteiger partial charge in [0.2, 0.25) is 11.8 Å². The Morgan fingerprint density at radius 1 is 0.426 bits per heavy atom. The van der Waals surface area contributed by atoms with Crippen LogP contribution < -0.4 is 35.4 Å². The maximum Gasteiger partial charge on any atom is 0.219 e. The van der Waals surface area contributed by atoms with Crippen molar-refractivity contribution in [2.24, 2.45) is 0 Å². The Morgan fingerprint density at radius 3 is 0.963 bits per heavy atom. The Kier molecular flexibility index (Phi) is 36.5. The second-order valence-electron chi connectivity index (χ2n) is 17.4. The predicted octanol–water partition coefficient (Wildman–Crippen LogP) is 5.26. The van der Waals surface area contributed by atoms with Crippen molar-refractivity contribution >= 4 is 11.8 Å².